The van der Waals surface area contributed by atoms with E-state index in [4.69, 9.17) is 0 Å². The molecule has 8 heteroatoms. The van der Waals surface area contributed by atoms with Crippen molar-refractivity contribution in [3.63, 3.8) is 0 Å². The van der Waals surface area contributed by atoms with Crippen LogP contribution in [0.25, 0.3) is 5.82 Å². The number of hydrogen-bond acceptors (Lipinski definition) is 4. The van der Waals surface area contributed by atoms with Crippen LogP contribution >= 0.6 is 0 Å². The Hall–Kier alpha value is -3.03. The summed E-state index contributed by atoms with van der Waals surface area (Å²) in [5.74, 6) is -0.0625. The summed E-state index contributed by atoms with van der Waals surface area (Å²) in [5, 5.41) is 15.1. The van der Waals surface area contributed by atoms with Crippen molar-refractivity contribution in [3.8, 4) is 5.82 Å². The van der Waals surface area contributed by atoms with Crippen molar-refractivity contribution in [3.05, 3.63) is 58.8 Å². The SMILES string of the molecule is Cc1cccc(C(=O)N2Cc3nnn(-c4ccn[nH]4)c3CC2C)c1F. The number of benzene rings is 1. The normalized spacial score (nSPS) is 16.8. The van der Waals surface area contributed by atoms with Crippen LogP contribution in [0.1, 0.15) is 34.2 Å². The summed E-state index contributed by atoms with van der Waals surface area (Å²) >= 11 is 0. The van der Waals surface area contributed by atoms with Crippen molar-refractivity contribution >= 4 is 5.91 Å². The van der Waals surface area contributed by atoms with Gasteiger partial charge in [-0.15, -0.1) is 5.10 Å². The van der Waals surface area contributed by atoms with Crippen molar-refractivity contribution in [2.45, 2.75) is 32.9 Å². The lowest BCUT2D eigenvalue weighted by Crippen LogP contribution is -2.43. The standard InChI is InChI=1S/C17H17FN6O/c1-10-4-3-5-12(16(10)18)17(25)23-9-13-14(8-11(23)2)24(22-20-13)15-6-7-19-21-15/h3-7,11H,8-9H2,1-2H3,(H,19,21). The summed E-state index contributed by atoms with van der Waals surface area (Å²) in [6.45, 7) is 3.90. The molecule has 0 bridgehead atoms. The zero-order chi connectivity index (χ0) is 17.6. The van der Waals surface area contributed by atoms with Crippen LogP contribution in [0.5, 0.6) is 0 Å². The van der Waals surface area contributed by atoms with Gasteiger partial charge >= 0.3 is 0 Å². The molecule has 25 heavy (non-hydrogen) atoms. The van der Waals surface area contributed by atoms with E-state index in [2.05, 4.69) is 20.5 Å². The number of hydrogen-bond donors (Lipinski definition) is 1. The highest BCUT2D eigenvalue weighted by Gasteiger charge is 2.32. The molecule has 2 aromatic heterocycles. The van der Waals surface area contributed by atoms with Gasteiger partial charge in [-0.3, -0.25) is 9.89 Å². The number of nitrogens with zero attached hydrogens (tertiary/aromatic N) is 5. The summed E-state index contributed by atoms with van der Waals surface area (Å²) < 4.78 is 16.0. The summed E-state index contributed by atoms with van der Waals surface area (Å²) in [6, 6.07) is 6.58. The van der Waals surface area contributed by atoms with Crippen molar-refractivity contribution in [1.82, 2.24) is 30.1 Å². The third-order valence-corrected chi connectivity index (χ3v) is 4.58. The minimum absolute atomic E-state index is 0.0938. The van der Waals surface area contributed by atoms with Gasteiger partial charge in [0, 0.05) is 18.5 Å². The first-order valence-corrected chi connectivity index (χ1v) is 8.05. The van der Waals surface area contributed by atoms with Gasteiger partial charge in [-0.05, 0) is 25.5 Å². The Balaban J connectivity index is 1.66. The summed E-state index contributed by atoms with van der Waals surface area (Å²) in [5.41, 5.74) is 2.21. The lowest BCUT2D eigenvalue weighted by Gasteiger charge is -2.33. The molecule has 3 aromatic rings. The number of fused-ring (bicyclic) bond motifs is 1. The molecule has 1 aromatic carbocycles. The fraction of sp³-hybridized carbons (Fsp3) is 0.294. The molecular formula is C17H17FN6O. The molecule has 128 valence electrons. The third kappa shape index (κ3) is 2.50. The number of carbonyl (C=O) groups excluding carboxylic acids is 1. The van der Waals surface area contributed by atoms with E-state index >= 15 is 0 Å². The van der Waals surface area contributed by atoms with E-state index in [1.54, 1.807) is 40.9 Å². The van der Waals surface area contributed by atoms with Gasteiger partial charge in [0.05, 0.1) is 24.0 Å². The van der Waals surface area contributed by atoms with E-state index in [0.717, 1.165) is 11.5 Å². The van der Waals surface area contributed by atoms with Crippen LogP contribution in [-0.2, 0) is 13.0 Å². The van der Waals surface area contributed by atoms with Crippen LogP contribution in [-0.4, -0.2) is 42.0 Å². The Kier molecular flexibility index (Phi) is 3.60. The van der Waals surface area contributed by atoms with Gasteiger partial charge in [0.1, 0.15) is 11.5 Å². The molecule has 1 unspecified atom stereocenters. The number of nitrogens with one attached hydrogen (secondary N) is 1. The molecule has 1 aliphatic heterocycles. The Labute approximate surface area is 143 Å². The molecule has 1 aliphatic rings. The fourth-order valence-electron chi connectivity index (χ4n) is 3.17. The summed E-state index contributed by atoms with van der Waals surface area (Å²) in [4.78, 5) is 14.5. The van der Waals surface area contributed by atoms with Crippen LogP contribution in [0.15, 0.2) is 30.5 Å². The van der Waals surface area contributed by atoms with E-state index in [9.17, 15) is 9.18 Å². The van der Waals surface area contributed by atoms with Gasteiger partial charge in [0.15, 0.2) is 5.82 Å². The quantitative estimate of drug-likeness (QED) is 0.774. The van der Waals surface area contributed by atoms with Gasteiger partial charge in [-0.1, -0.05) is 17.3 Å². The number of amides is 1. The van der Waals surface area contributed by atoms with Gasteiger partial charge < -0.3 is 4.90 Å². The first-order chi connectivity index (χ1) is 12.1. The highest BCUT2D eigenvalue weighted by atomic mass is 19.1. The molecule has 1 amide bonds. The predicted molar refractivity (Wildman–Crippen MR) is 87.7 cm³/mol. The molecule has 0 spiro atoms. The summed E-state index contributed by atoms with van der Waals surface area (Å²) in [7, 11) is 0. The van der Waals surface area contributed by atoms with Crippen LogP contribution in [0.4, 0.5) is 4.39 Å². The highest BCUT2D eigenvalue weighted by Crippen LogP contribution is 2.25. The minimum Gasteiger partial charge on any atom is -0.329 e. The van der Waals surface area contributed by atoms with Crippen molar-refractivity contribution in [2.75, 3.05) is 0 Å². The summed E-state index contributed by atoms with van der Waals surface area (Å²) in [6.07, 6.45) is 2.23. The number of H-pyrrole nitrogens is 1. The maximum absolute atomic E-state index is 14.3. The fourth-order valence-corrected chi connectivity index (χ4v) is 3.17. The number of carbonyl (C=O) groups is 1. The molecular weight excluding hydrogens is 323 g/mol. The molecule has 0 saturated carbocycles. The Morgan fingerprint density at radius 3 is 2.96 bits per heavy atom. The second-order valence-electron chi connectivity index (χ2n) is 6.26. The van der Waals surface area contributed by atoms with E-state index in [1.165, 1.54) is 6.07 Å². The molecule has 0 aliphatic carbocycles. The molecule has 4 rings (SSSR count). The number of aryl methyl sites for hydroxylation is 1. The second-order valence-corrected chi connectivity index (χ2v) is 6.26. The van der Waals surface area contributed by atoms with Crippen LogP contribution in [0, 0.1) is 12.7 Å². The van der Waals surface area contributed by atoms with E-state index in [-0.39, 0.29) is 17.5 Å². The first-order valence-electron chi connectivity index (χ1n) is 8.05. The maximum Gasteiger partial charge on any atom is 0.257 e. The third-order valence-electron chi connectivity index (χ3n) is 4.58. The minimum atomic E-state index is -0.466. The number of halogens is 1. The van der Waals surface area contributed by atoms with Crippen molar-refractivity contribution < 1.29 is 9.18 Å². The van der Waals surface area contributed by atoms with Crippen LogP contribution in [0.2, 0.25) is 0 Å². The molecule has 0 fully saturated rings. The average molecular weight is 340 g/mol. The van der Waals surface area contributed by atoms with E-state index < -0.39 is 5.82 Å². The first kappa shape index (κ1) is 15.5. The Morgan fingerprint density at radius 2 is 2.20 bits per heavy atom. The van der Waals surface area contributed by atoms with Gasteiger partial charge in [-0.25, -0.2) is 4.39 Å². The van der Waals surface area contributed by atoms with Crippen LogP contribution in [0.3, 0.4) is 0 Å². The van der Waals surface area contributed by atoms with Crippen molar-refractivity contribution in [2.24, 2.45) is 0 Å². The van der Waals surface area contributed by atoms with E-state index in [0.29, 0.717) is 24.2 Å². The second kappa shape index (κ2) is 5.80. The van der Waals surface area contributed by atoms with Gasteiger partial charge in [0.2, 0.25) is 0 Å². The molecule has 1 atom stereocenters. The smallest absolute Gasteiger partial charge is 0.257 e. The van der Waals surface area contributed by atoms with Gasteiger partial charge in [0.25, 0.3) is 5.91 Å². The topological polar surface area (TPSA) is 79.7 Å². The molecule has 7 nitrogen and oxygen atoms in total. The number of aromatic amines is 1. The van der Waals surface area contributed by atoms with E-state index in [1.807, 2.05) is 6.92 Å². The highest BCUT2D eigenvalue weighted by molar-refractivity contribution is 5.95. The molecule has 1 N–H and O–H groups in total. The lowest BCUT2D eigenvalue weighted by atomic mass is 10.0. The molecule has 0 saturated heterocycles. The Bertz CT molecular complexity index is 933. The van der Waals surface area contributed by atoms with Crippen LogP contribution < -0.4 is 0 Å². The zero-order valence-corrected chi connectivity index (χ0v) is 13.9. The average Bonchev–Trinajstić information content (AvgIpc) is 3.25. The zero-order valence-electron chi connectivity index (χ0n) is 13.9. The largest absolute Gasteiger partial charge is 0.329 e. The lowest BCUT2D eigenvalue weighted by molar-refractivity contribution is 0.0648. The van der Waals surface area contributed by atoms with Crippen molar-refractivity contribution in [1.29, 1.82) is 0 Å². The predicted octanol–water partition coefficient (Wildman–Crippen LogP) is 2.02. The Morgan fingerprint density at radius 1 is 1.36 bits per heavy atom. The monoisotopic (exact) mass is 340 g/mol. The number of aromatic nitrogens is 5. The number of rotatable bonds is 2. The van der Waals surface area contributed by atoms with Gasteiger partial charge in [-0.2, -0.15) is 9.78 Å². The maximum atomic E-state index is 14.3. The molecule has 3 heterocycles. The molecule has 0 radical (unpaired) electrons.